The standard InChI is InChI=1S/C20H20F3N3O3/c1-12-16(10-19(28)24-11-17(27)18-7-4-8-29-18)13(2)26(25-12)15-6-3-5-14(9-15)20(21,22)23/h3-9,17,27H,10-11H2,1-2H3,(H,24,28). The van der Waals surface area contributed by atoms with Gasteiger partial charge in [-0.3, -0.25) is 4.79 Å². The van der Waals surface area contributed by atoms with Gasteiger partial charge < -0.3 is 14.8 Å². The van der Waals surface area contributed by atoms with Crippen LogP contribution in [-0.4, -0.2) is 27.3 Å². The summed E-state index contributed by atoms with van der Waals surface area (Å²) in [5, 5.41) is 16.9. The Bertz CT molecular complexity index is 994. The zero-order chi connectivity index (χ0) is 21.2. The molecule has 1 aromatic carbocycles. The fourth-order valence-corrected chi connectivity index (χ4v) is 3.01. The third kappa shape index (κ3) is 4.68. The van der Waals surface area contributed by atoms with Crippen LogP contribution < -0.4 is 5.32 Å². The lowest BCUT2D eigenvalue weighted by Crippen LogP contribution is -2.29. The molecule has 0 aliphatic heterocycles. The number of aryl methyl sites for hydroxylation is 1. The van der Waals surface area contributed by atoms with E-state index < -0.39 is 17.8 Å². The topological polar surface area (TPSA) is 80.3 Å². The highest BCUT2D eigenvalue weighted by Gasteiger charge is 2.30. The molecule has 0 radical (unpaired) electrons. The van der Waals surface area contributed by atoms with Gasteiger partial charge in [0, 0.05) is 11.3 Å². The van der Waals surface area contributed by atoms with E-state index in [-0.39, 0.29) is 24.6 Å². The summed E-state index contributed by atoms with van der Waals surface area (Å²) in [6.07, 6.45) is -4.01. The van der Waals surface area contributed by atoms with Crippen LogP contribution >= 0.6 is 0 Å². The van der Waals surface area contributed by atoms with Crippen molar-refractivity contribution in [2.75, 3.05) is 6.54 Å². The van der Waals surface area contributed by atoms with Crippen LogP contribution in [0.2, 0.25) is 0 Å². The molecule has 6 nitrogen and oxygen atoms in total. The Balaban J connectivity index is 1.73. The van der Waals surface area contributed by atoms with Crippen molar-refractivity contribution in [3.63, 3.8) is 0 Å². The van der Waals surface area contributed by atoms with Gasteiger partial charge in [0.25, 0.3) is 0 Å². The minimum Gasteiger partial charge on any atom is -0.467 e. The Morgan fingerprint density at radius 3 is 2.69 bits per heavy atom. The number of aliphatic hydroxyl groups is 1. The number of carbonyl (C=O) groups is 1. The zero-order valence-electron chi connectivity index (χ0n) is 15.8. The van der Waals surface area contributed by atoms with Crippen molar-refractivity contribution >= 4 is 5.91 Å². The number of carbonyl (C=O) groups excluding carboxylic acids is 1. The highest BCUT2D eigenvalue weighted by Crippen LogP contribution is 2.31. The molecule has 0 aliphatic rings. The predicted octanol–water partition coefficient (Wildman–Crippen LogP) is 3.49. The number of hydrogen-bond acceptors (Lipinski definition) is 4. The number of halogens is 3. The van der Waals surface area contributed by atoms with Crippen molar-refractivity contribution in [1.82, 2.24) is 15.1 Å². The van der Waals surface area contributed by atoms with Crippen molar-refractivity contribution in [3.05, 3.63) is 70.9 Å². The average molecular weight is 407 g/mol. The van der Waals surface area contributed by atoms with Gasteiger partial charge in [-0.1, -0.05) is 6.07 Å². The van der Waals surface area contributed by atoms with Crippen LogP contribution in [0.3, 0.4) is 0 Å². The molecule has 1 atom stereocenters. The van der Waals surface area contributed by atoms with Gasteiger partial charge in [0.15, 0.2) is 0 Å². The first-order chi connectivity index (χ1) is 13.7. The first kappa shape index (κ1) is 20.7. The van der Waals surface area contributed by atoms with E-state index >= 15 is 0 Å². The Morgan fingerprint density at radius 2 is 2.03 bits per heavy atom. The summed E-state index contributed by atoms with van der Waals surface area (Å²) in [5.74, 6) is 0.000394. The first-order valence-corrected chi connectivity index (χ1v) is 8.87. The second-order valence-electron chi connectivity index (χ2n) is 6.62. The molecule has 0 saturated carbocycles. The summed E-state index contributed by atoms with van der Waals surface area (Å²) in [7, 11) is 0. The number of nitrogens with one attached hydrogen (secondary N) is 1. The Hall–Kier alpha value is -3.07. The molecule has 3 rings (SSSR count). The van der Waals surface area contributed by atoms with Gasteiger partial charge in [-0.25, -0.2) is 4.68 Å². The highest BCUT2D eigenvalue weighted by molar-refractivity contribution is 5.79. The molecule has 0 saturated heterocycles. The molecule has 2 N–H and O–H groups in total. The molecular formula is C20H20F3N3O3. The Morgan fingerprint density at radius 1 is 1.28 bits per heavy atom. The molecule has 154 valence electrons. The van der Waals surface area contributed by atoms with E-state index in [1.54, 1.807) is 26.0 Å². The molecule has 29 heavy (non-hydrogen) atoms. The van der Waals surface area contributed by atoms with Crippen molar-refractivity contribution in [1.29, 1.82) is 0 Å². The molecule has 0 bridgehead atoms. The molecule has 9 heteroatoms. The highest BCUT2D eigenvalue weighted by atomic mass is 19.4. The fourth-order valence-electron chi connectivity index (χ4n) is 3.01. The first-order valence-electron chi connectivity index (χ1n) is 8.87. The molecule has 3 aromatic rings. The molecule has 0 fully saturated rings. The van der Waals surface area contributed by atoms with Crippen molar-refractivity contribution in [2.45, 2.75) is 32.5 Å². The minimum atomic E-state index is -4.45. The molecule has 2 heterocycles. The van der Waals surface area contributed by atoms with Gasteiger partial charge in [-0.15, -0.1) is 0 Å². The van der Waals surface area contributed by atoms with Crippen molar-refractivity contribution < 1.29 is 27.5 Å². The number of alkyl halides is 3. The van der Waals surface area contributed by atoms with Gasteiger partial charge >= 0.3 is 6.18 Å². The van der Waals surface area contributed by atoms with Crippen LogP contribution in [-0.2, 0) is 17.4 Å². The van der Waals surface area contributed by atoms with Gasteiger partial charge in [0.05, 0.1) is 36.2 Å². The summed E-state index contributed by atoms with van der Waals surface area (Å²) in [6.45, 7) is 3.37. The summed E-state index contributed by atoms with van der Waals surface area (Å²) in [4.78, 5) is 12.3. The number of rotatable bonds is 6. The SMILES string of the molecule is Cc1nn(-c2cccc(C(F)(F)F)c2)c(C)c1CC(=O)NCC(O)c1ccco1. The van der Waals surface area contributed by atoms with E-state index in [1.807, 2.05) is 0 Å². The lowest BCUT2D eigenvalue weighted by Gasteiger charge is -2.11. The van der Waals surface area contributed by atoms with Crippen LogP contribution in [0.25, 0.3) is 5.69 Å². The van der Waals surface area contributed by atoms with Crippen molar-refractivity contribution in [3.8, 4) is 5.69 Å². The molecule has 1 unspecified atom stereocenters. The van der Waals surface area contributed by atoms with E-state index in [1.165, 1.54) is 23.1 Å². The largest absolute Gasteiger partial charge is 0.467 e. The number of amides is 1. The van der Waals surface area contributed by atoms with Crippen LogP contribution in [0.5, 0.6) is 0 Å². The monoisotopic (exact) mass is 407 g/mol. The second-order valence-corrected chi connectivity index (χ2v) is 6.62. The lowest BCUT2D eigenvalue weighted by molar-refractivity contribution is -0.137. The van der Waals surface area contributed by atoms with E-state index in [2.05, 4.69) is 10.4 Å². The van der Waals surface area contributed by atoms with E-state index in [4.69, 9.17) is 4.42 Å². The summed E-state index contributed by atoms with van der Waals surface area (Å²) < 4.78 is 45.4. The van der Waals surface area contributed by atoms with Crippen LogP contribution in [0.1, 0.15) is 34.4 Å². The van der Waals surface area contributed by atoms with E-state index in [0.29, 0.717) is 22.7 Å². The predicted molar refractivity (Wildman–Crippen MR) is 98.4 cm³/mol. The van der Waals surface area contributed by atoms with Crippen molar-refractivity contribution in [2.24, 2.45) is 0 Å². The minimum absolute atomic E-state index is 0.0124. The summed E-state index contributed by atoms with van der Waals surface area (Å²) in [6, 6.07) is 8.09. The summed E-state index contributed by atoms with van der Waals surface area (Å²) in [5.41, 5.74) is 1.23. The molecular weight excluding hydrogens is 387 g/mol. The maximum Gasteiger partial charge on any atom is 0.416 e. The summed E-state index contributed by atoms with van der Waals surface area (Å²) >= 11 is 0. The maximum atomic E-state index is 13.0. The van der Waals surface area contributed by atoms with Gasteiger partial charge in [-0.05, 0) is 44.2 Å². The lowest BCUT2D eigenvalue weighted by atomic mass is 10.1. The Kier molecular flexibility index (Phi) is 5.78. The van der Waals surface area contributed by atoms with Gasteiger partial charge in [0.1, 0.15) is 11.9 Å². The normalized spacial score (nSPS) is 12.8. The molecule has 0 spiro atoms. The zero-order valence-corrected chi connectivity index (χ0v) is 15.8. The molecule has 1 amide bonds. The number of nitrogens with zero attached hydrogens (tertiary/aromatic N) is 2. The quantitative estimate of drug-likeness (QED) is 0.656. The smallest absolute Gasteiger partial charge is 0.416 e. The number of furan rings is 1. The fraction of sp³-hybridized carbons (Fsp3) is 0.300. The van der Waals surface area contributed by atoms with Gasteiger partial charge in [-0.2, -0.15) is 18.3 Å². The number of hydrogen-bond donors (Lipinski definition) is 2. The third-order valence-corrected chi connectivity index (χ3v) is 4.56. The third-order valence-electron chi connectivity index (χ3n) is 4.56. The van der Waals surface area contributed by atoms with Crippen LogP contribution in [0.4, 0.5) is 13.2 Å². The van der Waals surface area contributed by atoms with Gasteiger partial charge in [0.2, 0.25) is 5.91 Å². The average Bonchev–Trinajstić information content (AvgIpc) is 3.30. The van der Waals surface area contributed by atoms with E-state index in [9.17, 15) is 23.1 Å². The van der Waals surface area contributed by atoms with Crippen LogP contribution in [0, 0.1) is 13.8 Å². The molecule has 2 aromatic heterocycles. The number of aromatic nitrogens is 2. The number of benzene rings is 1. The maximum absolute atomic E-state index is 13.0. The van der Waals surface area contributed by atoms with Crippen LogP contribution in [0.15, 0.2) is 47.1 Å². The molecule has 0 aliphatic carbocycles. The Labute approximate surface area is 165 Å². The number of aliphatic hydroxyl groups excluding tert-OH is 1. The second kappa shape index (κ2) is 8.12. The van der Waals surface area contributed by atoms with E-state index in [0.717, 1.165) is 12.1 Å².